The van der Waals surface area contributed by atoms with E-state index in [-0.39, 0.29) is 12.1 Å². The molecule has 1 atom stereocenters. The average Bonchev–Trinajstić information content (AvgIpc) is 2.38. The first-order valence-corrected chi connectivity index (χ1v) is 7.23. The molecule has 1 unspecified atom stereocenters. The third kappa shape index (κ3) is 6.36. The molecule has 1 heterocycles. The highest BCUT2D eigenvalue weighted by Crippen LogP contribution is 2.18. The summed E-state index contributed by atoms with van der Waals surface area (Å²) in [5.74, 6) is 0.516. The second kappa shape index (κ2) is 9.34. The summed E-state index contributed by atoms with van der Waals surface area (Å²) < 4.78 is 10.7. The summed E-state index contributed by atoms with van der Waals surface area (Å²) in [6, 6.07) is 0. The summed E-state index contributed by atoms with van der Waals surface area (Å²) >= 11 is 0. The SMILES string of the molecule is CCCC(CCN)CCC(=O)OC1CCOCC1. The van der Waals surface area contributed by atoms with Crippen molar-refractivity contribution in [3.05, 3.63) is 0 Å². The number of nitrogens with two attached hydrogens (primary N) is 1. The van der Waals surface area contributed by atoms with Crippen molar-refractivity contribution in [2.45, 2.75) is 58.0 Å². The van der Waals surface area contributed by atoms with Crippen LogP contribution in [-0.4, -0.2) is 31.8 Å². The second-order valence-electron chi connectivity index (χ2n) is 5.07. The topological polar surface area (TPSA) is 61.6 Å². The van der Waals surface area contributed by atoms with Gasteiger partial charge in [0, 0.05) is 19.3 Å². The first kappa shape index (κ1) is 15.4. The van der Waals surface area contributed by atoms with Gasteiger partial charge in [-0.1, -0.05) is 19.8 Å². The van der Waals surface area contributed by atoms with Gasteiger partial charge in [0.2, 0.25) is 0 Å². The molecule has 4 nitrogen and oxygen atoms in total. The lowest BCUT2D eigenvalue weighted by molar-refractivity contribution is -0.153. The highest BCUT2D eigenvalue weighted by atomic mass is 16.5. The molecule has 0 amide bonds. The Bertz CT molecular complexity index is 221. The zero-order valence-corrected chi connectivity index (χ0v) is 11.5. The second-order valence-corrected chi connectivity index (χ2v) is 5.07. The highest BCUT2D eigenvalue weighted by molar-refractivity contribution is 5.69. The molecule has 1 rings (SSSR count). The van der Waals surface area contributed by atoms with Crippen molar-refractivity contribution in [1.82, 2.24) is 0 Å². The number of hydrogen-bond acceptors (Lipinski definition) is 4. The van der Waals surface area contributed by atoms with Gasteiger partial charge in [-0.2, -0.15) is 0 Å². The van der Waals surface area contributed by atoms with Crippen LogP contribution in [0.15, 0.2) is 0 Å². The van der Waals surface area contributed by atoms with E-state index in [2.05, 4.69) is 6.92 Å². The highest BCUT2D eigenvalue weighted by Gasteiger charge is 2.18. The summed E-state index contributed by atoms with van der Waals surface area (Å²) in [5, 5.41) is 0. The van der Waals surface area contributed by atoms with Crippen LogP contribution in [0.3, 0.4) is 0 Å². The molecule has 0 spiro atoms. The number of rotatable bonds is 8. The molecule has 1 aliphatic rings. The normalized spacial score (nSPS) is 18.6. The molecule has 0 aromatic carbocycles. The predicted molar refractivity (Wildman–Crippen MR) is 71.2 cm³/mol. The van der Waals surface area contributed by atoms with Crippen LogP contribution in [0.5, 0.6) is 0 Å². The number of ether oxygens (including phenoxy) is 2. The smallest absolute Gasteiger partial charge is 0.306 e. The van der Waals surface area contributed by atoms with Crippen LogP contribution < -0.4 is 5.73 Å². The summed E-state index contributed by atoms with van der Waals surface area (Å²) in [6.45, 7) is 4.30. The van der Waals surface area contributed by atoms with E-state index in [1.54, 1.807) is 0 Å². The number of hydrogen-bond donors (Lipinski definition) is 1. The first-order chi connectivity index (χ1) is 8.76. The molecule has 0 bridgehead atoms. The minimum atomic E-state index is -0.0555. The molecule has 0 aliphatic carbocycles. The standard InChI is InChI=1S/C14H27NO3/c1-2-3-12(6-9-15)4-5-14(16)18-13-7-10-17-11-8-13/h12-13H,2-11,15H2,1H3. The summed E-state index contributed by atoms with van der Waals surface area (Å²) in [7, 11) is 0. The molecule has 0 aromatic rings. The minimum Gasteiger partial charge on any atom is -0.462 e. The lowest BCUT2D eigenvalue weighted by Gasteiger charge is -2.22. The Morgan fingerprint density at radius 1 is 1.33 bits per heavy atom. The van der Waals surface area contributed by atoms with Gasteiger partial charge in [-0.15, -0.1) is 0 Å². The van der Waals surface area contributed by atoms with E-state index in [1.165, 1.54) is 0 Å². The van der Waals surface area contributed by atoms with Gasteiger partial charge in [-0.05, 0) is 25.3 Å². The van der Waals surface area contributed by atoms with E-state index >= 15 is 0 Å². The van der Waals surface area contributed by atoms with Gasteiger partial charge in [0.05, 0.1) is 13.2 Å². The minimum absolute atomic E-state index is 0.0555. The Morgan fingerprint density at radius 2 is 2.06 bits per heavy atom. The van der Waals surface area contributed by atoms with Crippen molar-refractivity contribution >= 4 is 5.97 Å². The fraction of sp³-hybridized carbons (Fsp3) is 0.929. The van der Waals surface area contributed by atoms with Gasteiger partial charge in [0.1, 0.15) is 6.10 Å². The average molecular weight is 257 g/mol. The van der Waals surface area contributed by atoms with Crippen molar-refractivity contribution in [2.24, 2.45) is 11.7 Å². The molecule has 106 valence electrons. The van der Waals surface area contributed by atoms with Crippen molar-refractivity contribution in [3.63, 3.8) is 0 Å². The van der Waals surface area contributed by atoms with E-state index in [4.69, 9.17) is 15.2 Å². The maximum absolute atomic E-state index is 11.7. The van der Waals surface area contributed by atoms with Crippen LogP contribution >= 0.6 is 0 Å². The van der Waals surface area contributed by atoms with Crippen molar-refractivity contribution < 1.29 is 14.3 Å². The molecule has 0 saturated carbocycles. The maximum Gasteiger partial charge on any atom is 0.306 e. The van der Waals surface area contributed by atoms with E-state index in [0.717, 1.165) is 38.5 Å². The Labute approximate surface area is 110 Å². The molecule has 4 heteroatoms. The Hall–Kier alpha value is -0.610. The van der Waals surface area contributed by atoms with Gasteiger partial charge in [0.15, 0.2) is 0 Å². The molecule has 1 fully saturated rings. The molecule has 18 heavy (non-hydrogen) atoms. The summed E-state index contributed by atoms with van der Waals surface area (Å²) in [6.07, 6.45) is 6.51. The fourth-order valence-corrected chi connectivity index (χ4v) is 2.44. The summed E-state index contributed by atoms with van der Waals surface area (Å²) in [4.78, 5) is 11.7. The van der Waals surface area contributed by atoms with Crippen molar-refractivity contribution in [1.29, 1.82) is 0 Å². The van der Waals surface area contributed by atoms with Gasteiger partial charge in [-0.3, -0.25) is 4.79 Å². The molecular formula is C14H27NO3. The molecule has 2 N–H and O–H groups in total. The van der Waals surface area contributed by atoms with Crippen LogP contribution in [0.1, 0.15) is 51.9 Å². The fourth-order valence-electron chi connectivity index (χ4n) is 2.44. The number of carbonyl (C=O) groups is 1. The maximum atomic E-state index is 11.7. The largest absolute Gasteiger partial charge is 0.462 e. The van der Waals surface area contributed by atoms with Gasteiger partial charge >= 0.3 is 5.97 Å². The van der Waals surface area contributed by atoms with Crippen molar-refractivity contribution in [2.75, 3.05) is 19.8 Å². The Balaban J connectivity index is 2.17. The quantitative estimate of drug-likeness (QED) is 0.677. The van der Waals surface area contributed by atoms with Gasteiger partial charge in [-0.25, -0.2) is 0 Å². The van der Waals surface area contributed by atoms with E-state index < -0.39 is 0 Å². The van der Waals surface area contributed by atoms with E-state index in [0.29, 0.717) is 32.1 Å². The van der Waals surface area contributed by atoms with E-state index in [9.17, 15) is 4.79 Å². The first-order valence-electron chi connectivity index (χ1n) is 7.23. The van der Waals surface area contributed by atoms with Crippen LogP contribution in [-0.2, 0) is 14.3 Å². The molecule has 0 aromatic heterocycles. The van der Waals surface area contributed by atoms with E-state index in [1.807, 2.05) is 0 Å². The van der Waals surface area contributed by atoms with Crippen LogP contribution in [0, 0.1) is 5.92 Å². The predicted octanol–water partition coefficient (Wildman–Crippen LogP) is 2.25. The molecule has 1 saturated heterocycles. The number of esters is 1. The molecular weight excluding hydrogens is 230 g/mol. The number of carbonyl (C=O) groups excluding carboxylic acids is 1. The zero-order chi connectivity index (χ0) is 13.2. The molecule has 1 aliphatic heterocycles. The monoisotopic (exact) mass is 257 g/mol. The lowest BCUT2D eigenvalue weighted by atomic mass is 9.94. The van der Waals surface area contributed by atoms with Gasteiger partial charge < -0.3 is 15.2 Å². The zero-order valence-electron chi connectivity index (χ0n) is 11.5. The summed E-state index contributed by atoms with van der Waals surface area (Å²) in [5.41, 5.74) is 5.59. The van der Waals surface area contributed by atoms with Crippen LogP contribution in [0.2, 0.25) is 0 Å². The lowest BCUT2D eigenvalue weighted by Crippen LogP contribution is -2.26. The molecule has 0 radical (unpaired) electrons. The van der Waals surface area contributed by atoms with Crippen LogP contribution in [0.4, 0.5) is 0 Å². The Kier molecular flexibility index (Phi) is 8.01. The Morgan fingerprint density at radius 3 is 2.67 bits per heavy atom. The van der Waals surface area contributed by atoms with Crippen LogP contribution in [0.25, 0.3) is 0 Å². The van der Waals surface area contributed by atoms with Gasteiger partial charge in [0.25, 0.3) is 0 Å². The van der Waals surface area contributed by atoms with Crippen molar-refractivity contribution in [3.8, 4) is 0 Å². The third-order valence-electron chi connectivity index (χ3n) is 3.49. The third-order valence-corrected chi connectivity index (χ3v) is 3.49.